The maximum atomic E-state index is 13.2. The highest BCUT2D eigenvalue weighted by molar-refractivity contribution is 5.93. The Balaban J connectivity index is 1.94. The molecule has 1 aromatic heterocycles. The van der Waals surface area contributed by atoms with Crippen LogP contribution in [0.25, 0.3) is 0 Å². The normalized spacial score (nSPS) is 22.9. The molecular weight excluding hydrogens is 238 g/mol. The third-order valence-electron chi connectivity index (χ3n) is 3.50. The van der Waals surface area contributed by atoms with Crippen LogP contribution in [0, 0.1) is 5.92 Å². The summed E-state index contributed by atoms with van der Waals surface area (Å²) in [4.78, 5) is 11.9. The Morgan fingerprint density at radius 2 is 2.28 bits per heavy atom. The van der Waals surface area contributed by atoms with Crippen molar-refractivity contribution < 1.29 is 18.0 Å². The van der Waals surface area contributed by atoms with E-state index in [1.807, 2.05) is 6.92 Å². The molecule has 0 radical (unpaired) electrons. The number of carbonyl (C=O) groups is 1. The van der Waals surface area contributed by atoms with Gasteiger partial charge >= 0.3 is 0 Å². The Kier molecular flexibility index (Phi) is 3.83. The van der Waals surface area contributed by atoms with E-state index in [9.17, 15) is 13.6 Å². The molecule has 2 nitrogen and oxygen atoms in total. The van der Waals surface area contributed by atoms with Crippen molar-refractivity contribution in [3.63, 3.8) is 0 Å². The molecule has 1 fully saturated rings. The van der Waals surface area contributed by atoms with Crippen molar-refractivity contribution in [1.29, 1.82) is 0 Å². The van der Waals surface area contributed by atoms with Crippen molar-refractivity contribution in [3.05, 3.63) is 23.7 Å². The molecule has 0 bridgehead atoms. The molecule has 0 aromatic carbocycles. The van der Waals surface area contributed by atoms with Crippen LogP contribution in [0.3, 0.4) is 0 Å². The summed E-state index contributed by atoms with van der Waals surface area (Å²) in [6, 6.07) is 3.41. The van der Waals surface area contributed by atoms with E-state index in [2.05, 4.69) is 0 Å². The minimum Gasteiger partial charge on any atom is -0.458 e. The monoisotopic (exact) mass is 256 g/mol. The van der Waals surface area contributed by atoms with Crippen LogP contribution in [-0.2, 0) is 6.42 Å². The molecule has 1 aromatic rings. The van der Waals surface area contributed by atoms with Gasteiger partial charge in [-0.25, -0.2) is 8.78 Å². The standard InChI is InChI=1S/C14H18F2O2/c1-2-11-5-6-13(18-11)12(17)8-10-4-3-7-14(15,16)9-10/h5-6,10H,2-4,7-9H2,1H3. The van der Waals surface area contributed by atoms with Crippen molar-refractivity contribution in [3.8, 4) is 0 Å². The average Bonchev–Trinajstić information content (AvgIpc) is 2.76. The second-order valence-electron chi connectivity index (χ2n) is 5.07. The number of rotatable bonds is 4. The molecule has 0 saturated heterocycles. The summed E-state index contributed by atoms with van der Waals surface area (Å²) in [7, 11) is 0. The smallest absolute Gasteiger partial charge is 0.248 e. The number of hydrogen-bond acceptors (Lipinski definition) is 2. The van der Waals surface area contributed by atoms with E-state index < -0.39 is 5.92 Å². The number of alkyl halides is 2. The molecule has 1 saturated carbocycles. The van der Waals surface area contributed by atoms with Gasteiger partial charge in [0.05, 0.1) is 0 Å². The van der Waals surface area contributed by atoms with Crippen LogP contribution in [0.15, 0.2) is 16.5 Å². The molecule has 100 valence electrons. The van der Waals surface area contributed by atoms with Crippen LogP contribution >= 0.6 is 0 Å². The quantitative estimate of drug-likeness (QED) is 0.754. The Hall–Kier alpha value is -1.19. The number of ketones is 1. The molecule has 0 N–H and O–H groups in total. The van der Waals surface area contributed by atoms with Gasteiger partial charge in [-0.15, -0.1) is 0 Å². The number of furan rings is 1. The molecule has 0 amide bonds. The van der Waals surface area contributed by atoms with Crippen LogP contribution in [-0.4, -0.2) is 11.7 Å². The maximum Gasteiger partial charge on any atom is 0.248 e. The van der Waals surface area contributed by atoms with Gasteiger partial charge in [-0.2, -0.15) is 0 Å². The van der Waals surface area contributed by atoms with Gasteiger partial charge in [0.25, 0.3) is 0 Å². The van der Waals surface area contributed by atoms with Gasteiger partial charge < -0.3 is 4.42 Å². The van der Waals surface area contributed by atoms with E-state index in [-0.39, 0.29) is 31.0 Å². The lowest BCUT2D eigenvalue weighted by molar-refractivity contribution is -0.0522. The van der Waals surface area contributed by atoms with Crippen molar-refractivity contribution in [1.82, 2.24) is 0 Å². The molecule has 0 spiro atoms. The predicted molar refractivity (Wildman–Crippen MR) is 63.9 cm³/mol. The van der Waals surface area contributed by atoms with E-state index in [1.165, 1.54) is 0 Å². The van der Waals surface area contributed by atoms with E-state index in [4.69, 9.17) is 4.42 Å². The third kappa shape index (κ3) is 3.18. The van der Waals surface area contributed by atoms with E-state index in [0.29, 0.717) is 18.6 Å². The van der Waals surface area contributed by atoms with Gasteiger partial charge in [0.15, 0.2) is 11.5 Å². The van der Waals surface area contributed by atoms with Gasteiger partial charge in [-0.1, -0.05) is 6.92 Å². The number of Topliss-reactive ketones (excluding diaryl/α,β-unsaturated/α-hetero) is 1. The predicted octanol–water partition coefficient (Wildman–Crippen LogP) is 4.24. The highest BCUT2D eigenvalue weighted by Crippen LogP contribution is 2.38. The number of hydrogen-bond donors (Lipinski definition) is 0. The SMILES string of the molecule is CCc1ccc(C(=O)CC2CCCC(F)(F)C2)o1. The van der Waals surface area contributed by atoms with Crippen LogP contribution in [0.2, 0.25) is 0 Å². The van der Waals surface area contributed by atoms with Crippen molar-refractivity contribution in [2.24, 2.45) is 5.92 Å². The number of aryl methyl sites for hydroxylation is 1. The number of halogens is 2. The Morgan fingerprint density at radius 3 is 2.89 bits per heavy atom. The van der Waals surface area contributed by atoms with Gasteiger partial charge in [0, 0.05) is 25.7 Å². The topological polar surface area (TPSA) is 30.2 Å². The summed E-state index contributed by atoms with van der Waals surface area (Å²) in [5.74, 6) is -1.90. The maximum absolute atomic E-state index is 13.2. The molecular formula is C14H18F2O2. The molecule has 1 unspecified atom stereocenters. The van der Waals surface area contributed by atoms with Crippen molar-refractivity contribution in [2.45, 2.75) is 51.4 Å². The highest BCUT2D eigenvalue weighted by atomic mass is 19.3. The zero-order chi connectivity index (χ0) is 13.2. The fourth-order valence-electron chi connectivity index (χ4n) is 2.53. The summed E-state index contributed by atoms with van der Waals surface area (Å²) in [5.41, 5.74) is 0. The molecule has 1 aliphatic rings. The van der Waals surface area contributed by atoms with Crippen LogP contribution in [0.5, 0.6) is 0 Å². The van der Waals surface area contributed by atoms with Crippen LogP contribution < -0.4 is 0 Å². The summed E-state index contributed by atoms with van der Waals surface area (Å²) in [6.45, 7) is 1.94. The van der Waals surface area contributed by atoms with Gasteiger partial charge in [0.2, 0.25) is 5.92 Å². The minimum absolute atomic E-state index is 0.0432. The fourth-order valence-corrected chi connectivity index (χ4v) is 2.53. The van der Waals surface area contributed by atoms with Crippen molar-refractivity contribution in [2.75, 3.05) is 0 Å². The lowest BCUT2D eigenvalue weighted by Gasteiger charge is -2.28. The van der Waals surface area contributed by atoms with Gasteiger partial charge in [0.1, 0.15) is 5.76 Å². The molecule has 1 heterocycles. The molecule has 1 aliphatic carbocycles. The first kappa shape index (κ1) is 13.2. The van der Waals surface area contributed by atoms with Gasteiger partial charge in [-0.3, -0.25) is 4.79 Å². The second-order valence-corrected chi connectivity index (χ2v) is 5.07. The Morgan fingerprint density at radius 1 is 1.50 bits per heavy atom. The summed E-state index contributed by atoms with van der Waals surface area (Å²) in [6.07, 6.45) is 1.91. The zero-order valence-electron chi connectivity index (χ0n) is 10.5. The Bertz CT molecular complexity index is 423. The summed E-state index contributed by atoms with van der Waals surface area (Å²) >= 11 is 0. The fraction of sp³-hybridized carbons (Fsp3) is 0.643. The second kappa shape index (κ2) is 5.21. The van der Waals surface area contributed by atoms with Crippen molar-refractivity contribution >= 4 is 5.78 Å². The first-order valence-electron chi connectivity index (χ1n) is 6.50. The molecule has 0 aliphatic heterocycles. The minimum atomic E-state index is -2.60. The number of carbonyl (C=O) groups excluding carboxylic acids is 1. The molecule has 4 heteroatoms. The van der Waals surface area contributed by atoms with Gasteiger partial charge in [-0.05, 0) is 30.9 Å². The van der Waals surface area contributed by atoms with Crippen LogP contribution in [0.4, 0.5) is 8.78 Å². The average molecular weight is 256 g/mol. The molecule has 2 rings (SSSR count). The molecule has 1 atom stereocenters. The largest absolute Gasteiger partial charge is 0.458 e. The highest BCUT2D eigenvalue weighted by Gasteiger charge is 2.37. The summed E-state index contributed by atoms with van der Waals surface area (Å²) < 4.78 is 31.8. The van der Waals surface area contributed by atoms with E-state index in [0.717, 1.165) is 12.2 Å². The van der Waals surface area contributed by atoms with E-state index in [1.54, 1.807) is 12.1 Å². The third-order valence-corrected chi connectivity index (χ3v) is 3.50. The zero-order valence-corrected chi connectivity index (χ0v) is 10.5. The molecule has 18 heavy (non-hydrogen) atoms. The Labute approximate surface area is 105 Å². The lowest BCUT2D eigenvalue weighted by Crippen LogP contribution is -2.27. The summed E-state index contributed by atoms with van der Waals surface area (Å²) in [5, 5.41) is 0. The lowest BCUT2D eigenvalue weighted by atomic mass is 9.83. The van der Waals surface area contributed by atoms with Crippen LogP contribution in [0.1, 0.15) is 55.3 Å². The first-order chi connectivity index (χ1) is 8.50. The van der Waals surface area contributed by atoms with E-state index >= 15 is 0 Å². The first-order valence-corrected chi connectivity index (χ1v) is 6.50.